The van der Waals surface area contributed by atoms with Crippen LogP contribution in [0.15, 0.2) is 156 Å². The molecule has 57 heavy (non-hydrogen) atoms. The lowest BCUT2D eigenvalue weighted by atomic mass is 10.0. The Morgan fingerprint density at radius 2 is 1.05 bits per heavy atom. The first-order valence-corrected chi connectivity index (χ1v) is 18.7. The molecule has 9 nitrogen and oxygen atoms in total. The molecule has 0 radical (unpaired) electrons. The molecule has 0 aliphatic carbocycles. The van der Waals surface area contributed by atoms with E-state index in [-0.39, 0.29) is 38.7 Å². The maximum Gasteiger partial charge on any atom is 0.212 e. The van der Waals surface area contributed by atoms with Gasteiger partial charge in [-0.3, -0.25) is 19.2 Å². The zero-order valence-corrected chi connectivity index (χ0v) is 32.5. The van der Waals surface area contributed by atoms with Crippen LogP contribution in [0.4, 0.5) is 0 Å². The van der Waals surface area contributed by atoms with Crippen LogP contribution in [-0.4, -0.2) is 37.8 Å². The van der Waals surface area contributed by atoms with E-state index in [1.807, 2.05) is 69.8 Å². The number of methoxy groups -OCH3 is 1. The summed E-state index contributed by atoms with van der Waals surface area (Å²) in [5, 5.41) is 2.52. The maximum absolute atomic E-state index is 13.1. The van der Waals surface area contributed by atoms with Crippen molar-refractivity contribution in [1.29, 1.82) is 0 Å². The summed E-state index contributed by atoms with van der Waals surface area (Å²) >= 11 is 18.0. The van der Waals surface area contributed by atoms with Crippen LogP contribution in [0.2, 0.25) is 15.2 Å². The number of hydrogen-bond donors (Lipinski definition) is 0. The minimum Gasteiger partial charge on any atom is -0.481 e. The van der Waals surface area contributed by atoms with E-state index in [9.17, 15) is 19.2 Å². The van der Waals surface area contributed by atoms with Crippen molar-refractivity contribution < 1.29 is 14.3 Å². The lowest BCUT2D eigenvalue weighted by Crippen LogP contribution is -2.20. The molecule has 0 bridgehead atoms. The Morgan fingerprint density at radius 3 is 1.47 bits per heavy atom. The van der Waals surface area contributed by atoms with Gasteiger partial charge < -0.3 is 13.9 Å². The minimum absolute atomic E-state index is 0.0878. The first-order valence-electron chi connectivity index (χ1n) is 17.5. The number of carbonyl (C=O) groups is 2. The Kier molecular flexibility index (Phi) is 11.7. The number of fused-ring (bicyclic) bond motifs is 2. The van der Waals surface area contributed by atoms with Gasteiger partial charge >= 0.3 is 0 Å². The van der Waals surface area contributed by atoms with Gasteiger partial charge in [0.15, 0.2) is 11.6 Å². The Labute approximate surface area is 341 Å². The van der Waals surface area contributed by atoms with Crippen molar-refractivity contribution >= 4 is 68.2 Å². The third-order valence-electron chi connectivity index (χ3n) is 9.15. The van der Waals surface area contributed by atoms with Crippen molar-refractivity contribution in [2.75, 3.05) is 7.11 Å². The van der Waals surface area contributed by atoms with E-state index in [0.717, 1.165) is 22.2 Å². The predicted octanol–water partition coefficient (Wildman–Crippen LogP) is 9.32. The molecular formula is C45H31Cl3N4O5. The number of halogens is 3. The van der Waals surface area contributed by atoms with Crippen LogP contribution in [-0.2, 0) is 13.1 Å². The van der Waals surface area contributed by atoms with Gasteiger partial charge in [0.2, 0.25) is 16.7 Å². The Bertz CT molecular complexity index is 2910. The molecule has 0 saturated heterocycles. The Morgan fingerprint density at radius 1 is 0.579 bits per heavy atom. The predicted molar refractivity (Wildman–Crippen MR) is 224 cm³/mol. The molecular weight excluding hydrogens is 783 g/mol. The number of benzene rings is 4. The second-order valence-electron chi connectivity index (χ2n) is 12.9. The Hall–Kier alpha value is -6.39. The third kappa shape index (κ3) is 8.71. The molecule has 0 fully saturated rings. The molecule has 0 spiro atoms. The van der Waals surface area contributed by atoms with Gasteiger partial charge in [-0.1, -0.05) is 83.3 Å². The summed E-state index contributed by atoms with van der Waals surface area (Å²) in [4.78, 5) is 60.0. The van der Waals surface area contributed by atoms with Crippen LogP contribution in [0.25, 0.3) is 21.8 Å². The zero-order valence-electron chi connectivity index (χ0n) is 30.2. The molecule has 0 atom stereocenters. The van der Waals surface area contributed by atoms with Crippen LogP contribution in [0.1, 0.15) is 43.0 Å². The quantitative estimate of drug-likeness (QED) is 0.105. The molecule has 0 N–H and O–H groups in total. The van der Waals surface area contributed by atoms with Gasteiger partial charge in [0, 0.05) is 75.9 Å². The fourth-order valence-electron chi connectivity index (χ4n) is 6.40. The standard InChI is InChI=1S/C23H17ClN2O3.C22H14Cl2N2O2/c1-29-21-10-9-16(12-25-21)22(27)19-14-26(13-15-5-4-6-17(24)11-15)20-8-3-2-7-18(20)23(19)28;23-16-5-3-4-14(10-16)12-26-13-18(21(27)15-8-9-20(24)25-11-15)22(28)17-6-1-2-7-19(17)26/h2-12,14H,13H2,1H3;1-11,13H,12H2. The normalized spacial score (nSPS) is 10.9. The Balaban J connectivity index is 0.000000174. The highest BCUT2D eigenvalue weighted by atomic mass is 35.5. The van der Waals surface area contributed by atoms with E-state index >= 15 is 0 Å². The topological polar surface area (TPSA) is 113 Å². The van der Waals surface area contributed by atoms with Gasteiger partial charge in [0.1, 0.15) is 5.15 Å². The number of aromatic nitrogens is 4. The van der Waals surface area contributed by atoms with Crippen LogP contribution < -0.4 is 15.6 Å². The van der Waals surface area contributed by atoms with Gasteiger partial charge in [-0.25, -0.2) is 9.97 Å². The summed E-state index contributed by atoms with van der Waals surface area (Å²) in [7, 11) is 1.50. The lowest BCUT2D eigenvalue weighted by molar-refractivity contribution is 0.102. The van der Waals surface area contributed by atoms with Crippen molar-refractivity contribution in [3.8, 4) is 5.88 Å². The van der Waals surface area contributed by atoms with E-state index in [2.05, 4.69) is 9.97 Å². The first-order chi connectivity index (χ1) is 27.6. The van der Waals surface area contributed by atoms with E-state index in [1.165, 1.54) is 25.6 Å². The maximum atomic E-state index is 13.1. The van der Waals surface area contributed by atoms with Gasteiger partial charge in [-0.15, -0.1) is 0 Å². The fourth-order valence-corrected chi connectivity index (χ4v) is 6.93. The average molecular weight is 814 g/mol. The molecule has 12 heteroatoms. The minimum atomic E-state index is -0.389. The van der Waals surface area contributed by atoms with Crippen LogP contribution in [0, 0.1) is 0 Å². The summed E-state index contributed by atoms with van der Waals surface area (Å²) in [5.74, 6) is -0.367. The molecule has 0 unspecified atom stereocenters. The van der Waals surface area contributed by atoms with Gasteiger partial charge in [0.25, 0.3) is 0 Å². The van der Waals surface area contributed by atoms with Crippen molar-refractivity contribution in [2.45, 2.75) is 13.1 Å². The molecule has 4 aromatic heterocycles. The fraction of sp³-hybridized carbons (Fsp3) is 0.0667. The second-order valence-corrected chi connectivity index (χ2v) is 14.2. The molecule has 4 heterocycles. The second kappa shape index (κ2) is 17.2. The van der Waals surface area contributed by atoms with Crippen molar-refractivity contribution in [2.24, 2.45) is 0 Å². The van der Waals surface area contributed by atoms with Crippen molar-refractivity contribution in [3.63, 3.8) is 0 Å². The highest BCUT2D eigenvalue weighted by Gasteiger charge is 2.19. The number of ether oxygens (including phenoxy) is 1. The lowest BCUT2D eigenvalue weighted by Gasteiger charge is -2.13. The summed E-state index contributed by atoms with van der Waals surface area (Å²) in [5.41, 5.74) is 3.64. The molecule has 282 valence electrons. The summed E-state index contributed by atoms with van der Waals surface area (Å²) in [6.07, 6.45) is 6.00. The number of rotatable bonds is 9. The molecule has 0 amide bonds. The third-order valence-corrected chi connectivity index (χ3v) is 9.84. The monoisotopic (exact) mass is 812 g/mol. The zero-order chi connectivity index (χ0) is 40.1. The van der Waals surface area contributed by atoms with Crippen molar-refractivity contribution in [3.05, 3.63) is 215 Å². The number of ketones is 2. The number of para-hydroxylation sites is 2. The first kappa shape index (κ1) is 38.9. The number of hydrogen-bond acceptors (Lipinski definition) is 7. The van der Waals surface area contributed by atoms with Crippen molar-refractivity contribution in [1.82, 2.24) is 19.1 Å². The molecule has 4 aromatic carbocycles. The molecule has 0 aliphatic rings. The van der Waals surface area contributed by atoms with Crippen LogP contribution in [0.3, 0.4) is 0 Å². The van der Waals surface area contributed by atoms with Gasteiger partial charge in [-0.05, 0) is 77.9 Å². The molecule has 8 aromatic rings. The highest BCUT2D eigenvalue weighted by molar-refractivity contribution is 6.31. The van der Waals surface area contributed by atoms with Crippen LogP contribution in [0.5, 0.6) is 5.88 Å². The average Bonchev–Trinajstić information content (AvgIpc) is 3.23. The summed E-state index contributed by atoms with van der Waals surface area (Å²) in [6.45, 7) is 0.947. The van der Waals surface area contributed by atoms with Gasteiger partial charge in [0.05, 0.1) is 29.3 Å². The molecule has 0 aliphatic heterocycles. The van der Waals surface area contributed by atoms with Gasteiger partial charge in [-0.2, -0.15) is 0 Å². The summed E-state index contributed by atoms with van der Waals surface area (Å²) < 4.78 is 8.82. The largest absolute Gasteiger partial charge is 0.481 e. The SMILES string of the molecule is COc1ccc(C(=O)c2cn(Cc3cccc(Cl)c3)c3ccccc3c2=O)cn1.O=C(c1ccc(Cl)nc1)c1cn(Cc2cccc(Cl)c2)c2ccccc2c1=O. The highest BCUT2D eigenvalue weighted by Crippen LogP contribution is 2.20. The molecule has 0 saturated carbocycles. The molecule has 8 rings (SSSR count). The number of carbonyl (C=O) groups excluding carboxylic acids is 2. The summed E-state index contributed by atoms with van der Waals surface area (Å²) in [6, 6.07) is 35.7. The van der Waals surface area contributed by atoms with Crippen LogP contribution >= 0.6 is 34.8 Å². The van der Waals surface area contributed by atoms with E-state index in [1.54, 1.807) is 67.0 Å². The smallest absolute Gasteiger partial charge is 0.212 e. The van der Waals surface area contributed by atoms with E-state index in [0.29, 0.717) is 50.9 Å². The van der Waals surface area contributed by atoms with E-state index in [4.69, 9.17) is 39.5 Å². The number of nitrogens with zero attached hydrogens (tertiary/aromatic N) is 4. The number of pyridine rings is 4. The van der Waals surface area contributed by atoms with E-state index < -0.39 is 0 Å².